The number of likely N-dealkylation sites (tertiary alicyclic amines) is 2. The minimum atomic E-state index is 0.135. The zero-order chi connectivity index (χ0) is 35.9. The van der Waals surface area contributed by atoms with Gasteiger partial charge in [0.15, 0.2) is 0 Å². The highest BCUT2D eigenvalue weighted by Crippen LogP contribution is 2.37. The minimum Gasteiger partial charge on any atom is -0.378 e. The average Bonchev–Trinajstić information content (AvgIpc) is 3.19. The molecule has 2 fully saturated rings. The Balaban J connectivity index is 1.21. The summed E-state index contributed by atoms with van der Waals surface area (Å²) in [5.74, 6) is 0.135. The summed E-state index contributed by atoms with van der Waals surface area (Å²) in [4.78, 5) is 12.4. The molecule has 5 nitrogen and oxygen atoms in total. The molecule has 0 N–H and O–H groups in total. The van der Waals surface area contributed by atoms with Gasteiger partial charge in [-0.15, -0.1) is 0 Å². The minimum absolute atomic E-state index is 0.135. The van der Waals surface area contributed by atoms with Gasteiger partial charge in [-0.2, -0.15) is 0 Å². The number of hydrogen-bond donors (Lipinski definition) is 0. The predicted octanol–water partition coefficient (Wildman–Crippen LogP) is 9.13. The summed E-state index contributed by atoms with van der Waals surface area (Å²) >= 11 is 0. The smallest absolute Gasteiger partial charge is 0.0432 e. The Morgan fingerprint density at radius 1 is 0.462 bits per heavy atom. The maximum atomic E-state index is 2.66. The van der Waals surface area contributed by atoms with Crippen LogP contribution in [-0.2, 0) is 13.1 Å². The van der Waals surface area contributed by atoms with Crippen LogP contribution in [0.25, 0.3) is 0 Å². The number of benzene rings is 5. The Kier molecular flexibility index (Phi) is 11.6. The van der Waals surface area contributed by atoms with Gasteiger partial charge in [-0.05, 0) is 130 Å². The molecule has 5 aromatic carbocycles. The second-order valence-electron chi connectivity index (χ2n) is 15.4. The molecule has 2 saturated heterocycles. The Morgan fingerprint density at radius 3 is 1.12 bits per heavy atom. The molecule has 7 rings (SSSR count). The van der Waals surface area contributed by atoms with Gasteiger partial charge in [-0.25, -0.2) is 0 Å². The lowest BCUT2D eigenvalue weighted by Crippen LogP contribution is -2.43. The molecule has 0 unspecified atom stereocenters. The summed E-state index contributed by atoms with van der Waals surface area (Å²) in [5, 5.41) is 0. The van der Waals surface area contributed by atoms with Crippen molar-refractivity contribution in [2.75, 3.05) is 69.1 Å². The third kappa shape index (κ3) is 8.71. The second kappa shape index (κ2) is 16.8. The molecule has 0 spiro atoms. The van der Waals surface area contributed by atoms with Crippen LogP contribution in [0.1, 0.15) is 59.4 Å². The summed E-state index contributed by atoms with van der Waals surface area (Å²) in [5.41, 5.74) is 10.6. The summed E-state index contributed by atoms with van der Waals surface area (Å²) < 4.78 is 0. The molecular formula is C47H57N5. The fraction of sp³-hybridized carbons (Fsp3) is 0.362. The molecule has 0 radical (unpaired) electrons. The van der Waals surface area contributed by atoms with E-state index >= 15 is 0 Å². The second-order valence-corrected chi connectivity index (χ2v) is 15.4. The summed E-state index contributed by atoms with van der Waals surface area (Å²) in [6, 6.07) is 51.3. The molecule has 0 amide bonds. The fourth-order valence-corrected chi connectivity index (χ4v) is 8.29. The van der Waals surface area contributed by atoms with Crippen LogP contribution in [0.4, 0.5) is 17.1 Å². The summed E-state index contributed by atoms with van der Waals surface area (Å²) in [6.45, 7) is 6.46. The van der Waals surface area contributed by atoms with Gasteiger partial charge in [0.2, 0.25) is 0 Å². The van der Waals surface area contributed by atoms with Crippen molar-refractivity contribution in [3.63, 3.8) is 0 Å². The first kappa shape index (κ1) is 35.8. The molecule has 270 valence electrons. The SMILES string of the molecule is CN1CCC(N(Cc2ccccc2)c2ccc(C(c3ccc(N(C)C)cc3)c3ccc(N(Cc4ccccc4)C4CCN(C)CC4)cc3)cc2)CC1. The molecular weight excluding hydrogens is 635 g/mol. The molecule has 52 heavy (non-hydrogen) atoms. The monoisotopic (exact) mass is 691 g/mol. The number of rotatable bonds is 12. The van der Waals surface area contributed by atoms with Gasteiger partial charge in [0.1, 0.15) is 0 Å². The van der Waals surface area contributed by atoms with Crippen molar-refractivity contribution in [1.82, 2.24) is 9.80 Å². The quantitative estimate of drug-likeness (QED) is 0.121. The van der Waals surface area contributed by atoms with Crippen LogP contribution in [0.3, 0.4) is 0 Å². The van der Waals surface area contributed by atoms with E-state index in [0.29, 0.717) is 12.1 Å². The Hall–Kier alpha value is -4.58. The molecule has 5 heteroatoms. The van der Waals surface area contributed by atoms with Gasteiger partial charge in [-0.3, -0.25) is 0 Å². The highest BCUT2D eigenvalue weighted by atomic mass is 15.2. The maximum Gasteiger partial charge on any atom is 0.0432 e. The van der Waals surface area contributed by atoms with Gasteiger partial charge in [-0.1, -0.05) is 97.1 Å². The lowest BCUT2D eigenvalue weighted by Gasteiger charge is -2.39. The maximum absolute atomic E-state index is 2.66. The normalized spacial score (nSPS) is 16.2. The van der Waals surface area contributed by atoms with E-state index in [2.05, 4.69) is 186 Å². The van der Waals surface area contributed by atoms with Crippen molar-refractivity contribution in [2.45, 2.75) is 56.8 Å². The summed E-state index contributed by atoms with van der Waals surface area (Å²) in [7, 11) is 8.72. The van der Waals surface area contributed by atoms with Crippen molar-refractivity contribution in [3.8, 4) is 0 Å². The fourth-order valence-electron chi connectivity index (χ4n) is 8.29. The third-order valence-electron chi connectivity index (χ3n) is 11.5. The lowest BCUT2D eigenvalue weighted by atomic mass is 9.84. The average molecular weight is 692 g/mol. The van der Waals surface area contributed by atoms with Crippen LogP contribution < -0.4 is 14.7 Å². The van der Waals surface area contributed by atoms with Crippen LogP contribution in [-0.4, -0.2) is 76.3 Å². The van der Waals surface area contributed by atoms with Crippen molar-refractivity contribution >= 4 is 17.1 Å². The van der Waals surface area contributed by atoms with Crippen LogP contribution >= 0.6 is 0 Å². The molecule has 0 bridgehead atoms. The molecule has 0 saturated carbocycles. The molecule has 0 atom stereocenters. The Morgan fingerprint density at radius 2 is 0.788 bits per heavy atom. The van der Waals surface area contributed by atoms with E-state index in [1.165, 1.54) is 70.6 Å². The van der Waals surface area contributed by atoms with Gasteiger partial charge in [0.25, 0.3) is 0 Å². The highest BCUT2D eigenvalue weighted by molar-refractivity contribution is 5.57. The topological polar surface area (TPSA) is 16.2 Å². The van der Waals surface area contributed by atoms with Crippen LogP contribution in [0.5, 0.6) is 0 Å². The number of hydrogen-bond acceptors (Lipinski definition) is 5. The summed E-state index contributed by atoms with van der Waals surface area (Å²) in [6.07, 6.45) is 4.77. The van der Waals surface area contributed by atoms with Crippen molar-refractivity contribution in [1.29, 1.82) is 0 Å². The first-order chi connectivity index (χ1) is 25.4. The zero-order valence-electron chi connectivity index (χ0n) is 31.7. The highest BCUT2D eigenvalue weighted by Gasteiger charge is 2.26. The molecule has 2 aliphatic heterocycles. The van der Waals surface area contributed by atoms with E-state index in [4.69, 9.17) is 0 Å². The van der Waals surface area contributed by atoms with E-state index in [-0.39, 0.29) is 5.92 Å². The first-order valence-corrected chi connectivity index (χ1v) is 19.4. The number of anilines is 3. The standard InChI is InChI=1S/C47H57N5/c1-48(2)42-21-15-39(16-22-42)47(40-17-23-43(24-18-40)51(35-37-11-7-5-8-12-37)45-27-31-49(3)32-28-45)41-19-25-44(26-20-41)52(36-38-13-9-6-10-14-38)46-29-33-50(4)34-30-46/h5-26,45-47H,27-36H2,1-4H3. The predicted molar refractivity (Wildman–Crippen MR) is 221 cm³/mol. The van der Waals surface area contributed by atoms with E-state index in [0.717, 1.165) is 39.3 Å². The number of piperidine rings is 2. The van der Waals surface area contributed by atoms with Crippen molar-refractivity contribution in [3.05, 3.63) is 161 Å². The zero-order valence-corrected chi connectivity index (χ0v) is 31.7. The molecule has 0 aliphatic carbocycles. The van der Waals surface area contributed by atoms with Gasteiger partial charge >= 0.3 is 0 Å². The molecule has 2 heterocycles. The van der Waals surface area contributed by atoms with Crippen LogP contribution in [0.2, 0.25) is 0 Å². The number of nitrogens with zero attached hydrogens (tertiary/aromatic N) is 5. The third-order valence-corrected chi connectivity index (χ3v) is 11.5. The van der Waals surface area contributed by atoms with Crippen LogP contribution in [0, 0.1) is 0 Å². The Labute approximate surface area is 313 Å². The molecule has 5 aromatic rings. The lowest BCUT2D eigenvalue weighted by molar-refractivity contribution is 0.249. The van der Waals surface area contributed by atoms with E-state index < -0.39 is 0 Å². The van der Waals surface area contributed by atoms with Gasteiger partial charge in [0, 0.05) is 62.2 Å². The van der Waals surface area contributed by atoms with E-state index in [1.54, 1.807) is 0 Å². The van der Waals surface area contributed by atoms with Crippen molar-refractivity contribution in [2.24, 2.45) is 0 Å². The largest absolute Gasteiger partial charge is 0.378 e. The van der Waals surface area contributed by atoms with E-state index in [1.807, 2.05) is 0 Å². The Bertz CT molecular complexity index is 1680. The molecule has 2 aliphatic rings. The van der Waals surface area contributed by atoms with Crippen LogP contribution in [0.15, 0.2) is 133 Å². The van der Waals surface area contributed by atoms with Gasteiger partial charge in [0.05, 0.1) is 0 Å². The van der Waals surface area contributed by atoms with Crippen molar-refractivity contribution < 1.29 is 0 Å². The first-order valence-electron chi connectivity index (χ1n) is 19.4. The molecule has 0 aromatic heterocycles. The van der Waals surface area contributed by atoms with E-state index in [9.17, 15) is 0 Å². The van der Waals surface area contributed by atoms with Gasteiger partial charge < -0.3 is 24.5 Å².